The van der Waals surface area contributed by atoms with Gasteiger partial charge in [-0.15, -0.1) is 0 Å². The molecule has 0 bridgehead atoms. The number of anilines is 1. The fourth-order valence-corrected chi connectivity index (χ4v) is 4.12. The summed E-state index contributed by atoms with van der Waals surface area (Å²) in [5, 5.41) is 0. The Labute approximate surface area is 171 Å². The number of benzene rings is 2. The van der Waals surface area contributed by atoms with Gasteiger partial charge >= 0.3 is 6.18 Å². The van der Waals surface area contributed by atoms with Crippen molar-refractivity contribution in [2.45, 2.75) is 18.1 Å². The minimum Gasteiger partial charge on any atom is -0.311 e. The summed E-state index contributed by atoms with van der Waals surface area (Å²) in [5.74, 6) is -1.34. The van der Waals surface area contributed by atoms with Gasteiger partial charge in [0.25, 0.3) is 5.91 Å². The van der Waals surface area contributed by atoms with Crippen LogP contribution in [0.2, 0.25) is 0 Å². The largest absolute Gasteiger partial charge is 0.406 e. The number of halogens is 3. The summed E-state index contributed by atoms with van der Waals surface area (Å²) >= 11 is 0. The molecule has 2 heterocycles. The number of hydrogen-bond acceptors (Lipinski definition) is 2. The van der Waals surface area contributed by atoms with Crippen molar-refractivity contribution in [3.63, 3.8) is 0 Å². The summed E-state index contributed by atoms with van der Waals surface area (Å²) in [7, 11) is 0. The number of alkyl halides is 3. The first-order valence-electron chi connectivity index (χ1n) is 9.51. The monoisotopic (exact) mass is 412 g/mol. The third-order valence-corrected chi connectivity index (χ3v) is 5.38. The number of carbonyl (C=O) groups excluding carboxylic acids is 2. The topological polar surface area (TPSA) is 40.6 Å². The van der Waals surface area contributed by atoms with E-state index in [-0.39, 0.29) is 13.0 Å². The van der Waals surface area contributed by atoms with Gasteiger partial charge in [-0.05, 0) is 17.7 Å². The van der Waals surface area contributed by atoms with Crippen molar-refractivity contribution in [3.8, 4) is 0 Å². The predicted molar refractivity (Wildman–Crippen MR) is 107 cm³/mol. The van der Waals surface area contributed by atoms with Crippen LogP contribution in [0.3, 0.4) is 0 Å². The molecular formula is C23H19F3N2O2. The summed E-state index contributed by atoms with van der Waals surface area (Å²) in [4.78, 5) is 28.1. The molecule has 2 aliphatic heterocycles. The molecule has 0 aliphatic carbocycles. The lowest BCUT2D eigenvalue weighted by molar-refractivity contribution is -0.174. The zero-order chi connectivity index (χ0) is 21.4. The smallest absolute Gasteiger partial charge is 0.311 e. The van der Waals surface area contributed by atoms with Crippen LogP contribution in [-0.2, 0) is 15.1 Å². The summed E-state index contributed by atoms with van der Waals surface area (Å²) in [6.07, 6.45) is 1.60. The predicted octanol–water partition coefficient (Wildman–Crippen LogP) is 4.29. The maximum Gasteiger partial charge on any atom is 0.406 e. The number of para-hydroxylation sites is 1. The standard InChI is InChI=1S/C23H19F3N2O2/c24-23(25,26)16-28-20(29)13-6-14-22(28)18-11-4-5-12-19(18)27(21(22)30)15-7-10-17-8-2-1-3-9-17/h1-13H,14-16H2. The van der Waals surface area contributed by atoms with Gasteiger partial charge in [-0.3, -0.25) is 9.59 Å². The zero-order valence-electron chi connectivity index (χ0n) is 16.0. The summed E-state index contributed by atoms with van der Waals surface area (Å²) in [6.45, 7) is -1.30. The van der Waals surface area contributed by atoms with Crippen LogP contribution < -0.4 is 4.90 Å². The van der Waals surface area contributed by atoms with Gasteiger partial charge in [0.2, 0.25) is 5.91 Å². The maximum atomic E-state index is 13.5. The van der Waals surface area contributed by atoms with E-state index in [0.29, 0.717) is 16.2 Å². The fourth-order valence-electron chi connectivity index (χ4n) is 4.12. The Kier molecular flexibility index (Phi) is 4.97. The van der Waals surface area contributed by atoms with Gasteiger partial charge < -0.3 is 9.80 Å². The molecule has 2 aromatic rings. The van der Waals surface area contributed by atoms with Crippen molar-refractivity contribution in [2.24, 2.45) is 0 Å². The van der Waals surface area contributed by atoms with Gasteiger partial charge in [0.15, 0.2) is 5.54 Å². The molecule has 0 radical (unpaired) electrons. The van der Waals surface area contributed by atoms with Crippen LogP contribution in [0.4, 0.5) is 18.9 Å². The Morgan fingerprint density at radius 1 is 1.00 bits per heavy atom. The number of amides is 2. The van der Waals surface area contributed by atoms with E-state index < -0.39 is 30.1 Å². The van der Waals surface area contributed by atoms with Crippen LogP contribution in [0.1, 0.15) is 17.5 Å². The van der Waals surface area contributed by atoms with E-state index in [4.69, 9.17) is 0 Å². The van der Waals surface area contributed by atoms with E-state index in [1.807, 2.05) is 36.4 Å². The molecule has 0 aromatic heterocycles. The Hall–Kier alpha value is -3.35. The highest BCUT2D eigenvalue weighted by molar-refractivity contribution is 6.11. The molecule has 0 fully saturated rings. The molecule has 1 atom stereocenters. The minimum atomic E-state index is -4.62. The van der Waals surface area contributed by atoms with Crippen LogP contribution in [0.25, 0.3) is 6.08 Å². The molecular weight excluding hydrogens is 393 g/mol. The van der Waals surface area contributed by atoms with E-state index in [9.17, 15) is 22.8 Å². The number of fused-ring (bicyclic) bond motifs is 2. The first-order chi connectivity index (χ1) is 14.3. The van der Waals surface area contributed by atoms with Crippen LogP contribution in [-0.4, -0.2) is 36.0 Å². The van der Waals surface area contributed by atoms with Crippen molar-refractivity contribution in [1.82, 2.24) is 4.90 Å². The second kappa shape index (κ2) is 7.48. The lowest BCUT2D eigenvalue weighted by atomic mass is 9.83. The van der Waals surface area contributed by atoms with Crippen molar-refractivity contribution in [1.29, 1.82) is 0 Å². The van der Waals surface area contributed by atoms with Gasteiger partial charge in [-0.2, -0.15) is 13.2 Å². The van der Waals surface area contributed by atoms with Crippen molar-refractivity contribution in [3.05, 3.63) is 84.0 Å². The molecule has 0 N–H and O–H groups in total. The minimum absolute atomic E-state index is 0.00354. The highest BCUT2D eigenvalue weighted by atomic mass is 19.4. The molecule has 2 aromatic carbocycles. The van der Waals surface area contributed by atoms with Gasteiger partial charge in [0.05, 0.1) is 5.69 Å². The molecule has 1 unspecified atom stereocenters. The molecule has 1 spiro atoms. The van der Waals surface area contributed by atoms with Crippen molar-refractivity contribution >= 4 is 23.6 Å². The van der Waals surface area contributed by atoms with Gasteiger partial charge in [0, 0.05) is 18.5 Å². The van der Waals surface area contributed by atoms with Crippen LogP contribution >= 0.6 is 0 Å². The first kappa shape index (κ1) is 19.9. The molecule has 2 aliphatic rings. The highest BCUT2D eigenvalue weighted by Crippen LogP contribution is 2.48. The van der Waals surface area contributed by atoms with E-state index in [2.05, 4.69) is 0 Å². The number of hydrogen-bond donors (Lipinski definition) is 0. The molecule has 30 heavy (non-hydrogen) atoms. The molecule has 2 amide bonds. The highest BCUT2D eigenvalue weighted by Gasteiger charge is 2.58. The van der Waals surface area contributed by atoms with Gasteiger partial charge in [0.1, 0.15) is 6.54 Å². The van der Waals surface area contributed by atoms with Crippen molar-refractivity contribution < 1.29 is 22.8 Å². The SMILES string of the molecule is O=C1C=CCC2(C(=O)N(CC=Cc3ccccc3)c3ccccc32)N1CC(F)(F)F. The third kappa shape index (κ3) is 3.40. The first-order valence-corrected chi connectivity index (χ1v) is 9.51. The lowest BCUT2D eigenvalue weighted by Crippen LogP contribution is -2.58. The molecule has 0 saturated carbocycles. The average Bonchev–Trinajstić information content (AvgIpc) is 2.94. The molecule has 4 nitrogen and oxygen atoms in total. The Bertz CT molecular complexity index is 1030. The summed E-state index contributed by atoms with van der Waals surface area (Å²) in [5.41, 5.74) is 0.209. The van der Waals surface area contributed by atoms with Gasteiger partial charge in [-0.1, -0.05) is 66.8 Å². The Morgan fingerprint density at radius 3 is 2.43 bits per heavy atom. The fraction of sp³-hybridized carbons (Fsp3) is 0.217. The van der Waals surface area contributed by atoms with Crippen LogP contribution in [0.15, 0.2) is 72.8 Å². The normalized spacial score (nSPS) is 21.2. The maximum absolute atomic E-state index is 13.5. The van der Waals surface area contributed by atoms with E-state index in [1.54, 1.807) is 30.3 Å². The van der Waals surface area contributed by atoms with Crippen LogP contribution in [0, 0.1) is 0 Å². The zero-order valence-corrected chi connectivity index (χ0v) is 16.0. The molecule has 4 rings (SSSR count). The van der Waals surface area contributed by atoms with Gasteiger partial charge in [-0.25, -0.2) is 0 Å². The second-order valence-electron chi connectivity index (χ2n) is 7.25. The lowest BCUT2D eigenvalue weighted by Gasteiger charge is -2.41. The van der Waals surface area contributed by atoms with E-state index in [0.717, 1.165) is 11.6 Å². The Balaban J connectivity index is 1.73. The summed E-state index contributed by atoms with van der Waals surface area (Å²) < 4.78 is 39.9. The molecule has 0 saturated heterocycles. The number of nitrogens with zero attached hydrogens (tertiary/aromatic N) is 2. The molecule has 7 heteroatoms. The van der Waals surface area contributed by atoms with E-state index >= 15 is 0 Å². The van der Waals surface area contributed by atoms with E-state index in [1.165, 1.54) is 11.0 Å². The second-order valence-corrected chi connectivity index (χ2v) is 7.25. The average molecular weight is 412 g/mol. The van der Waals surface area contributed by atoms with Crippen molar-refractivity contribution in [2.75, 3.05) is 18.0 Å². The number of rotatable bonds is 4. The third-order valence-electron chi connectivity index (χ3n) is 5.38. The Morgan fingerprint density at radius 2 is 1.70 bits per heavy atom. The van der Waals surface area contributed by atoms with Crippen LogP contribution in [0.5, 0.6) is 0 Å². The number of carbonyl (C=O) groups is 2. The quantitative estimate of drug-likeness (QED) is 0.752. The molecule has 154 valence electrons. The summed E-state index contributed by atoms with van der Waals surface area (Å²) in [6, 6.07) is 16.2.